The van der Waals surface area contributed by atoms with E-state index in [2.05, 4.69) is 4.98 Å². The normalized spacial score (nSPS) is 11.0. The molecule has 106 valence electrons. The lowest BCUT2D eigenvalue weighted by Gasteiger charge is -2.08. The third-order valence-corrected chi connectivity index (χ3v) is 3.61. The second kappa shape index (κ2) is 5.06. The van der Waals surface area contributed by atoms with Crippen LogP contribution in [0.2, 0.25) is 10.3 Å². The van der Waals surface area contributed by atoms with E-state index in [1.54, 1.807) is 10.6 Å². The summed E-state index contributed by atoms with van der Waals surface area (Å²) in [6.07, 6.45) is 0. The molecule has 3 aromatic rings. The summed E-state index contributed by atoms with van der Waals surface area (Å²) in [5.41, 5.74) is 8.41. The summed E-state index contributed by atoms with van der Waals surface area (Å²) in [7, 11) is 0. The van der Waals surface area contributed by atoms with E-state index in [4.69, 9.17) is 28.9 Å². The molecule has 0 atom stereocenters. The highest BCUT2D eigenvalue weighted by molar-refractivity contribution is 6.33. The zero-order valence-electron chi connectivity index (χ0n) is 11.1. The van der Waals surface area contributed by atoms with Gasteiger partial charge in [0.15, 0.2) is 0 Å². The Morgan fingerprint density at radius 2 is 1.81 bits per heavy atom. The fourth-order valence-corrected chi connectivity index (χ4v) is 2.82. The molecule has 0 spiro atoms. The van der Waals surface area contributed by atoms with Crippen LogP contribution >= 0.6 is 23.2 Å². The lowest BCUT2D eigenvalue weighted by molar-refractivity contribution is 0.0963. The minimum absolute atomic E-state index is 0.184. The number of benzene rings is 1. The first kappa shape index (κ1) is 13.9. The van der Waals surface area contributed by atoms with Crippen LogP contribution in [-0.2, 0) is 0 Å². The minimum Gasteiger partial charge on any atom is -0.399 e. The number of halogens is 2. The summed E-state index contributed by atoms with van der Waals surface area (Å²) in [5, 5.41) is 1.28. The van der Waals surface area contributed by atoms with Crippen molar-refractivity contribution in [1.29, 1.82) is 0 Å². The molecule has 2 N–H and O–H groups in total. The lowest BCUT2D eigenvalue weighted by Crippen LogP contribution is -2.13. The van der Waals surface area contributed by atoms with Gasteiger partial charge in [-0.1, -0.05) is 23.2 Å². The molecule has 0 unspecified atom stereocenters. The van der Waals surface area contributed by atoms with Gasteiger partial charge in [-0.05, 0) is 43.3 Å². The van der Waals surface area contributed by atoms with Crippen LogP contribution in [0.1, 0.15) is 16.1 Å². The van der Waals surface area contributed by atoms with Gasteiger partial charge in [-0.2, -0.15) is 0 Å². The summed E-state index contributed by atoms with van der Waals surface area (Å²) < 4.78 is 1.61. The topological polar surface area (TPSA) is 60.9 Å². The van der Waals surface area contributed by atoms with Gasteiger partial charge in [-0.25, -0.2) is 4.98 Å². The van der Waals surface area contributed by atoms with Crippen molar-refractivity contribution in [2.75, 3.05) is 5.73 Å². The first-order valence-electron chi connectivity index (χ1n) is 6.21. The summed E-state index contributed by atoms with van der Waals surface area (Å²) in [5.74, 6) is -0.210. The Balaban J connectivity index is 2.19. The molecule has 0 fully saturated rings. The largest absolute Gasteiger partial charge is 0.399 e. The van der Waals surface area contributed by atoms with Crippen molar-refractivity contribution in [2.45, 2.75) is 6.92 Å². The van der Waals surface area contributed by atoms with Crippen LogP contribution in [0.15, 0.2) is 36.4 Å². The van der Waals surface area contributed by atoms with E-state index in [9.17, 15) is 4.79 Å². The Kier molecular flexibility index (Phi) is 3.35. The Morgan fingerprint density at radius 1 is 1.14 bits per heavy atom. The number of carbonyl (C=O) groups excluding carboxylic acids is 1. The SMILES string of the molecule is Cc1cc2cc(N)ccc2n1C(=O)c1cc(Cl)nc(Cl)c1. The van der Waals surface area contributed by atoms with E-state index in [1.165, 1.54) is 12.1 Å². The minimum atomic E-state index is -0.210. The first-order chi connectivity index (χ1) is 9.95. The number of hydrogen-bond acceptors (Lipinski definition) is 3. The predicted molar refractivity (Wildman–Crippen MR) is 85.1 cm³/mol. The number of rotatable bonds is 1. The van der Waals surface area contributed by atoms with Crippen LogP contribution in [0.4, 0.5) is 5.69 Å². The van der Waals surface area contributed by atoms with Gasteiger partial charge >= 0.3 is 0 Å². The van der Waals surface area contributed by atoms with Gasteiger partial charge in [0.2, 0.25) is 0 Å². The average Bonchev–Trinajstić information content (AvgIpc) is 2.71. The van der Waals surface area contributed by atoms with E-state index >= 15 is 0 Å². The molecule has 2 aromatic heterocycles. The molecule has 0 amide bonds. The molecule has 2 heterocycles. The number of nitrogens with zero attached hydrogens (tertiary/aromatic N) is 2. The van der Waals surface area contributed by atoms with Gasteiger partial charge in [0.05, 0.1) is 5.52 Å². The van der Waals surface area contributed by atoms with Crippen molar-refractivity contribution in [1.82, 2.24) is 9.55 Å². The molecule has 0 aliphatic rings. The number of carbonyl (C=O) groups is 1. The standard InChI is InChI=1S/C15H11Cl2N3O/c1-8-4-9-5-11(18)2-3-12(9)20(8)15(21)10-6-13(16)19-14(17)7-10/h2-7H,18H2,1H3. The molecule has 0 aliphatic carbocycles. The number of fused-ring (bicyclic) bond motifs is 1. The van der Waals surface area contributed by atoms with Crippen molar-refractivity contribution in [3.8, 4) is 0 Å². The molecule has 21 heavy (non-hydrogen) atoms. The maximum Gasteiger partial charge on any atom is 0.262 e. The molecule has 0 saturated heterocycles. The number of anilines is 1. The Bertz CT molecular complexity index is 850. The van der Waals surface area contributed by atoms with Gasteiger partial charge < -0.3 is 5.73 Å². The molecule has 3 rings (SSSR count). The summed E-state index contributed by atoms with van der Waals surface area (Å²) in [6.45, 7) is 1.86. The molecule has 0 saturated carbocycles. The Labute approximate surface area is 131 Å². The van der Waals surface area contributed by atoms with Crippen LogP contribution in [-0.4, -0.2) is 15.5 Å². The summed E-state index contributed by atoms with van der Waals surface area (Å²) >= 11 is 11.7. The van der Waals surface area contributed by atoms with Gasteiger partial charge in [-0.15, -0.1) is 0 Å². The molecule has 0 radical (unpaired) electrons. The fraction of sp³-hybridized carbons (Fsp3) is 0.0667. The third-order valence-electron chi connectivity index (χ3n) is 3.22. The molecule has 0 aliphatic heterocycles. The quantitative estimate of drug-likeness (QED) is 0.546. The number of hydrogen-bond donors (Lipinski definition) is 1. The highest BCUT2D eigenvalue weighted by Gasteiger charge is 2.16. The first-order valence-corrected chi connectivity index (χ1v) is 6.96. The zero-order valence-corrected chi connectivity index (χ0v) is 12.6. The van der Waals surface area contributed by atoms with Gasteiger partial charge in [0.25, 0.3) is 5.91 Å². The highest BCUT2D eigenvalue weighted by Crippen LogP contribution is 2.24. The Morgan fingerprint density at radius 3 is 2.48 bits per heavy atom. The van der Waals surface area contributed by atoms with E-state index in [1.807, 2.05) is 25.1 Å². The number of aryl methyl sites for hydroxylation is 1. The average molecular weight is 320 g/mol. The summed E-state index contributed by atoms with van der Waals surface area (Å²) in [4.78, 5) is 16.6. The third kappa shape index (κ3) is 2.48. The Hall–Kier alpha value is -2.04. The predicted octanol–water partition coefficient (Wildman–Crippen LogP) is 3.92. The van der Waals surface area contributed by atoms with Crippen molar-refractivity contribution < 1.29 is 4.79 Å². The second-order valence-corrected chi connectivity index (χ2v) is 5.52. The molecule has 0 bridgehead atoms. The van der Waals surface area contributed by atoms with Crippen molar-refractivity contribution in [3.63, 3.8) is 0 Å². The maximum atomic E-state index is 12.7. The smallest absolute Gasteiger partial charge is 0.262 e. The van der Waals surface area contributed by atoms with E-state index < -0.39 is 0 Å². The van der Waals surface area contributed by atoms with E-state index in [0.717, 1.165) is 16.6 Å². The van der Waals surface area contributed by atoms with Crippen LogP contribution in [0.5, 0.6) is 0 Å². The molecule has 6 heteroatoms. The van der Waals surface area contributed by atoms with Gasteiger partial charge in [0.1, 0.15) is 10.3 Å². The zero-order chi connectivity index (χ0) is 15.1. The van der Waals surface area contributed by atoms with Crippen molar-refractivity contribution in [2.24, 2.45) is 0 Å². The van der Waals surface area contributed by atoms with Crippen LogP contribution in [0.3, 0.4) is 0 Å². The second-order valence-electron chi connectivity index (χ2n) is 4.75. The number of pyridine rings is 1. The summed E-state index contributed by atoms with van der Waals surface area (Å²) in [6, 6.07) is 10.3. The van der Waals surface area contributed by atoms with Crippen LogP contribution in [0.25, 0.3) is 10.9 Å². The van der Waals surface area contributed by atoms with Crippen LogP contribution < -0.4 is 5.73 Å². The fourth-order valence-electron chi connectivity index (χ4n) is 2.36. The number of nitrogen functional groups attached to an aromatic ring is 1. The van der Waals surface area contributed by atoms with E-state index in [0.29, 0.717) is 11.3 Å². The molecular weight excluding hydrogens is 309 g/mol. The van der Waals surface area contributed by atoms with Gasteiger partial charge in [-0.3, -0.25) is 9.36 Å². The highest BCUT2D eigenvalue weighted by atomic mass is 35.5. The van der Waals surface area contributed by atoms with Crippen molar-refractivity contribution >= 4 is 45.7 Å². The number of nitrogens with two attached hydrogens (primary N) is 1. The molecule has 1 aromatic carbocycles. The molecular formula is C15H11Cl2N3O. The van der Waals surface area contributed by atoms with E-state index in [-0.39, 0.29) is 16.2 Å². The van der Waals surface area contributed by atoms with Crippen LogP contribution in [0, 0.1) is 6.92 Å². The van der Waals surface area contributed by atoms with Gasteiger partial charge in [0, 0.05) is 22.3 Å². The molecule has 4 nitrogen and oxygen atoms in total. The van der Waals surface area contributed by atoms with Crippen molar-refractivity contribution in [3.05, 3.63) is 58.0 Å². The lowest BCUT2D eigenvalue weighted by atomic mass is 10.2. The monoisotopic (exact) mass is 319 g/mol. The maximum absolute atomic E-state index is 12.7. The number of aromatic nitrogens is 2.